The monoisotopic (exact) mass is 536 g/mol. The minimum Gasteiger partial charge on any atom is -0.480 e. The number of rotatable bonds is 9. The number of hydrogen-bond donors (Lipinski definition) is 6. The second-order valence-electron chi connectivity index (χ2n) is 13.5. The Kier molecular flexibility index (Phi) is 8.51. The van der Waals surface area contributed by atoms with Gasteiger partial charge in [0.1, 0.15) is 6.04 Å². The lowest BCUT2D eigenvalue weighted by molar-refractivity contribution is -0.223. The highest BCUT2D eigenvalue weighted by molar-refractivity contribution is 5.84. The first kappa shape index (κ1) is 29.3. The molecular weight excluding hydrogens is 488 g/mol. The third-order valence-electron chi connectivity index (χ3n) is 11.6. The lowest BCUT2D eigenvalue weighted by atomic mass is 9.43. The van der Waals surface area contributed by atoms with Gasteiger partial charge < -0.3 is 31.5 Å². The molecule has 2 amide bonds. The molecule has 38 heavy (non-hydrogen) atoms. The van der Waals surface area contributed by atoms with Gasteiger partial charge in [-0.15, -0.1) is 0 Å². The Hall–Kier alpha value is -1.71. The number of carboxylic acid groups (broad SMARTS) is 1. The molecule has 0 aromatic heterocycles. The van der Waals surface area contributed by atoms with E-state index in [1.54, 1.807) is 0 Å². The molecule has 4 aliphatic rings. The molecule has 4 saturated carbocycles. The van der Waals surface area contributed by atoms with E-state index in [2.05, 4.69) is 26.1 Å². The maximum atomic E-state index is 12.6. The highest BCUT2D eigenvalue weighted by Crippen LogP contribution is 2.68. The quantitative estimate of drug-likeness (QED) is 0.262. The Bertz CT molecular complexity index is 913. The number of aliphatic carboxylic acids is 1. The molecule has 0 aromatic carbocycles. The summed E-state index contributed by atoms with van der Waals surface area (Å²) in [6.45, 7) is 6.79. The molecule has 4 aliphatic carbocycles. The summed E-state index contributed by atoms with van der Waals surface area (Å²) in [6.07, 6.45) is 5.04. The predicted octanol–water partition coefficient (Wildman–Crippen LogP) is 2.20. The van der Waals surface area contributed by atoms with E-state index in [1.165, 1.54) is 0 Å². The van der Waals surface area contributed by atoms with Crippen LogP contribution >= 0.6 is 0 Å². The number of amides is 2. The number of carbonyl (C=O) groups excluding carboxylic acids is 2. The fourth-order valence-electron chi connectivity index (χ4n) is 9.58. The van der Waals surface area contributed by atoms with Crippen LogP contribution in [0.4, 0.5) is 0 Å². The van der Waals surface area contributed by atoms with Gasteiger partial charge in [0.15, 0.2) is 0 Å². The second kappa shape index (κ2) is 11.0. The largest absolute Gasteiger partial charge is 0.480 e. The Morgan fingerprint density at radius 1 is 0.895 bits per heavy atom. The van der Waals surface area contributed by atoms with Crippen molar-refractivity contribution in [2.75, 3.05) is 0 Å². The van der Waals surface area contributed by atoms with Crippen LogP contribution in [0, 0.1) is 46.3 Å². The Morgan fingerprint density at radius 2 is 1.55 bits per heavy atom. The van der Waals surface area contributed by atoms with E-state index in [1.807, 2.05) is 0 Å². The zero-order valence-corrected chi connectivity index (χ0v) is 23.1. The number of nitrogens with one attached hydrogen (secondary N) is 1. The second-order valence-corrected chi connectivity index (χ2v) is 13.5. The molecule has 7 N–H and O–H groups in total. The summed E-state index contributed by atoms with van der Waals surface area (Å²) in [7, 11) is 0. The number of aliphatic hydroxyl groups excluding tert-OH is 3. The maximum absolute atomic E-state index is 12.6. The van der Waals surface area contributed by atoms with Gasteiger partial charge in [0.2, 0.25) is 11.8 Å². The summed E-state index contributed by atoms with van der Waals surface area (Å²) in [5.41, 5.74) is 5.07. The highest BCUT2D eigenvalue weighted by Gasteiger charge is 2.65. The van der Waals surface area contributed by atoms with Gasteiger partial charge in [-0.25, -0.2) is 4.79 Å². The summed E-state index contributed by atoms with van der Waals surface area (Å²) in [6, 6.07) is -1.13. The average molecular weight is 537 g/mol. The van der Waals surface area contributed by atoms with Gasteiger partial charge in [0.25, 0.3) is 0 Å². The van der Waals surface area contributed by atoms with Crippen LogP contribution in [0.15, 0.2) is 0 Å². The molecule has 0 heterocycles. The number of carboxylic acids is 1. The van der Waals surface area contributed by atoms with Gasteiger partial charge in [0.05, 0.1) is 18.3 Å². The highest BCUT2D eigenvalue weighted by atomic mass is 16.4. The first-order valence-corrected chi connectivity index (χ1v) is 14.6. The van der Waals surface area contributed by atoms with Crippen molar-refractivity contribution in [1.29, 1.82) is 0 Å². The molecule has 0 bridgehead atoms. The first-order valence-electron chi connectivity index (χ1n) is 14.6. The van der Waals surface area contributed by atoms with Crippen molar-refractivity contribution in [1.82, 2.24) is 5.32 Å². The van der Waals surface area contributed by atoms with E-state index in [0.29, 0.717) is 30.6 Å². The van der Waals surface area contributed by atoms with Gasteiger partial charge in [-0.05, 0) is 104 Å². The van der Waals surface area contributed by atoms with Gasteiger partial charge in [-0.3, -0.25) is 9.59 Å². The van der Waals surface area contributed by atoms with Crippen molar-refractivity contribution < 1.29 is 34.8 Å². The van der Waals surface area contributed by atoms with Crippen LogP contribution in [0.1, 0.15) is 91.4 Å². The van der Waals surface area contributed by atoms with Gasteiger partial charge in [-0.2, -0.15) is 0 Å². The summed E-state index contributed by atoms with van der Waals surface area (Å²) in [5.74, 6) is -0.852. The van der Waals surface area contributed by atoms with E-state index < -0.39 is 36.2 Å². The van der Waals surface area contributed by atoms with Crippen LogP contribution in [-0.4, -0.2) is 62.6 Å². The van der Waals surface area contributed by atoms with Crippen LogP contribution in [0.5, 0.6) is 0 Å². The van der Waals surface area contributed by atoms with Crippen LogP contribution in [0.25, 0.3) is 0 Å². The van der Waals surface area contributed by atoms with Crippen molar-refractivity contribution in [2.24, 2.45) is 52.1 Å². The van der Waals surface area contributed by atoms with Crippen molar-refractivity contribution in [3.05, 3.63) is 0 Å². The number of hydrogen-bond acceptors (Lipinski definition) is 6. The average Bonchev–Trinajstić information content (AvgIpc) is 3.21. The molecule has 9 nitrogen and oxygen atoms in total. The molecule has 0 radical (unpaired) electrons. The minimum absolute atomic E-state index is 0.0141. The molecule has 9 heteroatoms. The molecule has 12 atom stereocenters. The third-order valence-corrected chi connectivity index (χ3v) is 11.6. The maximum Gasteiger partial charge on any atom is 0.326 e. The zero-order chi connectivity index (χ0) is 28.0. The third kappa shape index (κ3) is 5.22. The van der Waals surface area contributed by atoms with Crippen LogP contribution in [0.2, 0.25) is 0 Å². The summed E-state index contributed by atoms with van der Waals surface area (Å²) in [4.78, 5) is 35.1. The Labute approximate surface area is 225 Å². The lowest BCUT2D eigenvalue weighted by Gasteiger charge is -2.63. The Morgan fingerprint density at radius 3 is 2.21 bits per heavy atom. The zero-order valence-electron chi connectivity index (χ0n) is 23.1. The van der Waals surface area contributed by atoms with Crippen LogP contribution in [0.3, 0.4) is 0 Å². The molecule has 216 valence electrons. The van der Waals surface area contributed by atoms with E-state index >= 15 is 0 Å². The van der Waals surface area contributed by atoms with Crippen LogP contribution < -0.4 is 11.1 Å². The van der Waals surface area contributed by atoms with E-state index in [0.717, 1.165) is 38.5 Å². The first-order chi connectivity index (χ1) is 17.8. The number of aliphatic hydroxyl groups is 3. The van der Waals surface area contributed by atoms with Crippen LogP contribution in [-0.2, 0) is 14.4 Å². The van der Waals surface area contributed by atoms with Crippen molar-refractivity contribution >= 4 is 17.8 Å². The summed E-state index contributed by atoms with van der Waals surface area (Å²) < 4.78 is 0. The van der Waals surface area contributed by atoms with Crippen molar-refractivity contribution in [3.63, 3.8) is 0 Å². The molecular formula is C29H48N2O7. The normalized spacial score (nSPS) is 43.7. The SMILES string of the molecule is C[C@H](CCC(=O)N[C@@H](CCC(N)=O)C(=O)O)[C@H]1CC[C@H]2[C@@H]3[C@@H](O)[C@H](O)[C@@H]4C[C@H](O)CC[C@]4(C)[C@H]3CC[C@]12C. The number of fused-ring (bicyclic) bond motifs is 5. The van der Waals surface area contributed by atoms with Gasteiger partial charge in [0, 0.05) is 12.8 Å². The number of nitrogens with two attached hydrogens (primary N) is 1. The molecule has 0 aliphatic heterocycles. The summed E-state index contributed by atoms with van der Waals surface area (Å²) >= 11 is 0. The topological polar surface area (TPSA) is 170 Å². The lowest BCUT2D eigenvalue weighted by Crippen LogP contribution is -2.64. The predicted molar refractivity (Wildman–Crippen MR) is 140 cm³/mol. The smallest absolute Gasteiger partial charge is 0.326 e. The molecule has 0 saturated heterocycles. The number of primary amides is 1. The van der Waals surface area contributed by atoms with Gasteiger partial charge in [-0.1, -0.05) is 20.8 Å². The summed E-state index contributed by atoms with van der Waals surface area (Å²) in [5, 5.41) is 44.8. The molecule has 0 aromatic rings. The van der Waals surface area contributed by atoms with Crippen molar-refractivity contribution in [2.45, 2.75) is 116 Å². The van der Waals surface area contributed by atoms with E-state index in [9.17, 15) is 34.8 Å². The fourth-order valence-corrected chi connectivity index (χ4v) is 9.58. The molecule has 0 unspecified atom stereocenters. The van der Waals surface area contributed by atoms with E-state index in [4.69, 9.17) is 5.73 Å². The van der Waals surface area contributed by atoms with Gasteiger partial charge >= 0.3 is 5.97 Å². The molecule has 4 rings (SSSR count). The fraction of sp³-hybridized carbons (Fsp3) is 0.897. The molecule has 4 fully saturated rings. The minimum atomic E-state index is -1.17. The number of carbonyl (C=O) groups is 3. The van der Waals surface area contributed by atoms with Crippen molar-refractivity contribution in [3.8, 4) is 0 Å². The Balaban J connectivity index is 1.41. The molecule has 0 spiro atoms. The standard InChI is InChI=1S/C29H48N2O7/c1-15(4-9-23(34)31-21(27(37)38)7-8-22(30)33)17-5-6-18-24-19(11-13-28(17,18)2)29(3)12-10-16(32)14-20(29)25(35)26(24)36/h15-21,24-26,32,35-36H,4-14H2,1-3H3,(H2,30,33)(H,31,34)(H,37,38)/t15-,16-,17-,18+,19+,20+,21+,24+,25-,26-,28-,29-/m1/s1. The van der Waals surface area contributed by atoms with E-state index in [-0.39, 0.29) is 53.8 Å².